The van der Waals surface area contributed by atoms with Gasteiger partial charge in [0.2, 0.25) is 0 Å². The monoisotopic (exact) mass is 473 g/mol. The maximum atomic E-state index is 12.9. The molecule has 0 fully saturated rings. The van der Waals surface area contributed by atoms with Crippen LogP contribution in [0.25, 0.3) is 16.1 Å². The number of rotatable bonds is 7. The molecule has 0 radical (unpaired) electrons. The second kappa shape index (κ2) is 9.35. The second-order valence-electron chi connectivity index (χ2n) is 8.31. The quantitative estimate of drug-likeness (QED) is 0.410. The van der Waals surface area contributed by atoms with Gasteiger partial charge in [0, 0.05) is 17.0 Å². The van der Waals surface area contributed by atoms with Crippen LogP contribution in [-0.4, -0.2) is 36.5 Å². The number of nitrogens with zero attached hydrogens (tertiary/aromatic N) is 2. The van der Waals surface area contributed by atoms with Gasteiger partial charge in [0.05, 0.1) is 36.2 Å². The molecule has 2 aromatic heterocycles. The summed E-state index contributed by atoms with van der Waals surface area (Å²) in [6.07, 6.45) is 2.54. The van der Waals surface area contributed by atoms with Crippen molar-refractivity contribution < 1.29 is 14.3 Å². The number of aromatic nitrogens is 2. The van der Waals surface area contributed by atoms with Gasteiger partial charge in [-0.3, -0.25) is 4.79 Å². The molecule has 1 amide bonds. The van der Waals surface area contributed by atoms with Crippen molar-refractivity contribution in [3.63, 3.8) is 0 Å². The normalized spacial score (nSPS) is 12.1. The number of ether oxygens (including phenoxy) is 2. The second-order valence-corrected chi connectivity index (χ2v) is 9.37. The van der Waals surface area contributed by atoms with Crippen molar-refractivity contribution in [1.82, 2.24) is 15.1 Å². The Morgan fingerprint density at radius 2 is 1.85 bits per heavy atom. The van der Waals surface area contributed by atoms with Gasteiger partial charge in [-0.1, -0.05) is 24.3 Å². The minimum Gasteiger partial charge on any atom is -0.493 e. The molecule has 2 heterocycles. The summed E-state index contributed by atoms with van der Waals surface area (Å²) in [5.41, 5.74) is 6.79. The third kappa shape index (κ3) is 4.07. The Labute approximate surface area is 203 Å². The molecular weight excluding hydrogens is 446 g/mol. The van der Waals surface area contributed by atoms with Gasteiger partial charge in [-0.2, -0.15) is 5.10 Å². The lowest BCUT2D eigenvalue weighted by Crippen LogP contribution is -2.24. The lowest BCUT2D eigenvalue weighted by Gasteiger charge is -2.14. The third-order valence-corrected chi connectivity index (χ3v) is 7.39. The van der Waals surface area contributed by atoms with E-state index in [1.807, 2.05) is 42.5 Å². The van der Waals surface area contributed by atoms with Crippen molar-refractivity contribution in [3.8, 4) is 27.6 Å². The standard InChI is InChI=1S/C27H27N3O3S/c1-17-25-21(30(29-17)20-7-5-4-6-8-20)11-10-19-16-24(34-26(19)25)27(31)28-14-13-18-9-12-22(32-2)23(15-18)33-3/h4-9,12,15-16H,10-11,13-14H2,1-3H3,(H,28,31). The number of methoxy groups -OCH3 is 2. The number of carbonyl (C=O) groups excluding carboxylic acids is 1. The van der Waals surface area contributed by atoms with Crippen LogP contribution in [0, 0.1) is 6.92 Å². The molecule has 2 aromatic carbocycles. The number of fused-ring (bicyclic) bond motifs is 3. The Kier molecular flexibility index (Phi) is 6.11. The molecule has 4 aromatic rings. The van der Waals surface area contributed by atoms with Gasteiger partial charge in [-0.05, 0) is 67.6 Å². The van der Waals surface area contributed by atoms with E-state index in [1.165, 1.54) is 21.7 Å². The molecule has 0 unspecified atom stereocenters. The van der Waals surface area contributed by atoms with Crippen molar-refractivity contribution in [2.45, 2.75) is 26.2 Å². The van der Waals surface area contributed by atoms with Gasteiger partial charge in [0.25, 0.3) is 5.91 Å². The fraction of sp³-hybridized carbons (Fsp3) is 0.259. The van der Waals surface area contributed by atoms with Crippen molar-refractivity contribution in [2.75, 3.05) is 20.8 Å². The van der Waals surface area contributed by atoms with Gasteiger partial charge < -0.3 is 14.8 Å². The van der Waals surface area contributed by atoms with Crippen molar-refractivity contribution in [1.29, 1.82) is 0 Å². The first-order valence-corrected chi connectivity index (χ1v) is 12.2. The maximum absolute atomic E-state index is 12.9. The average Bonchev–Trinajstić information content (AvgIpc) is 3.45. The first-order valence-electron chi connectivity index (χ1n) is 11.3. The lowest BCUT2D eigenvalue weighted by atomic mass is 9.95. The molecular formula is C27H27N3O3S. The Bertz CT molecular complexity index is 1340. The predicted molar refractivity (Wildman–Crippen MR) is 135 cm³/mol. The smallest absolute Gasteiger partial charge is 0.261 e. The van der Waals surface area contributed by atoms with Crippen molar-refractivity contribution >= 4 is 17.2 Å². The van der Waals surface area contributed by atoms with Crippen molar-refractivity contribution in [2.24, 2.45) is 0 Å². The molecule has 0 saturated carbocycles. The highest BCUT2D eigenvalue weighted by molar-refractivity contribution is 7.17. The predicted octanol–water partition coefficient (Wildman–Crippen LogP) is 5.00. The highest BCUT2D eigenvalue weighted by atomic mass is 32.1. The molecule has 1 aliphatic rings. The Morgan fingerprint density at radius 3 is 2.62 bits per heavy atom. The molecule has 0 atom stereocenters. The van der Waals surface area contributed by atoms with E-state index in [4.69, 9.17) is 14.6 Å². The summed E-state index contributed by atoms with van der Waals surface area (Å²) in [7, 11) is 3.24. The fourth-order valence-electron chi connectivity index (χ4n) is 4.52. The van der Waals surface area contributed by atoms with Crippen molar-refractivity contribution in [3.05, 3.63) is 82.0 Å². The summed E-state index contributed by atoms with van der Waals surface area (Å²) in [6, 6.07) is 18.1. The first-order chi connectivity index (χ1) is 16.6. The molecule has 1 N–H and O–H groups in total. The minimum atomic E-state index is -0.0328. The molecule has 1 aliphatic carbocycles. The topological polar surface area (TPSA) is 65.4 Å². The zero-order valence-corrected chi connectivity index (χ0v) is 20.4. The Hall–Kier alpha value is -3.58. The molecule has 34 heavy (non-hydrogen) atoms. The van der Waals surface area contributed by atoms with Gasteiger partial charge in [0.15, 0.2) is 11.5 Å². The van der Waals surface area contributed by atoms with Gasteiger partial charge in [-0.25, -0.2) is 4.68 Å². The van der Waals surface area contributed by atoms with Crippen LogP contribution in [0.5, 0.6) is 11.5 Å². The van der Waals surface area contributed by atoms with E-state index in [9.17, 15) is 4.79 Å². The average molecular weight is 474 g/mol. The maximum Gasteiger partial charge on any atom is 0.261 e. The van der Waals surface area contributed by atoms with E-state index in [2.05, 4.69) is 29.1 Å². The number of carbonyl (C=O) groups is 1. The van der Waals surface area contributed by atoms with Crippen LogP contribution in [0.15, 0.2) is 54.6 Å². The zero-order valence-electron chi connectivity index (χ0n) is 19.6. The Morgan fingerprint density at radius 1 is 1.06 bits per heavy atom. The molecule has 5 rings (SSSR count). The molecule has 7 heteroatoms. The highest BCUT2D eigenvalue weighted by Gasteiger charge is 2.27. The van der Waals surface area contributed by atoms with Gasteiger partial charge >= 0.3 is 0 Å². The summed E-state index contributed by atoms with van der Waals surface area (Å²) in [4.78, 5) is 14.9. The third-order valence-electron chi connectivity index (χ3n) is 6.19. The number of nitrogens with one attached hydrogen (secondary N) is 1. The lowest BCUT2D eigenvalue weighted by molar-refractivity contribution is 0.0958. The van der Waals surface area contributed by atoms with Crippen LogP contribution in [0.2, 0.25) is 0 Å². The van der Waals surface area contributed by atoms with Crippen LogP contribution < -0.4 is 14.8 Å². The molecule has 0 spiro atoms. The van der Waals surface area contributed by atoms with Crippen LogP contribution in [0.3, 0.4) is 0 Å². The molecule has 174 valence electrons. The summed E-state index contributed by atoms with van der Waals surface area (Å²) in [6.45, 7) is 2.60. The number of para-hydroxylation sites is 1. The SMILES string of the molecule is COc1ccc(CCNC(=O)c2cc3c(s2)-c2c(C)nn(-c4ccccc4)c2CC3)cc1OC. The molecule has 0 saturated heterocycles. The molecule has 0 aliphatic heterocycles. The number of aryl methyl sites for hydroxylation is 2. The Balaban J connectivity index is 1.31. The minimum absolute atomic E-state index is 0.0328. The van der Waals surface area contributed by atoms with Crippen LogP contribution in [0.1, 0.15) is 32.2 Å². The van der Waals surface area contributed by atoms with Crippen LogP contribution >= 0.6 is 11.3 Å². The summed E-state index contributed by atoms with van der Waals surface area (Å²) in [5.74, 6) is 1.36. The molecule has 0 bridgehead atoms. The first kappa shape index (κ1) is 22.2. The number of amides is 1. The van der Waals surface area contributed by atoms with E-state index in [1.54, 1.807) is 25.6 Å². The summed E-state index contributed by atoms with van der Waals surface area (Å²) in [5, 5.41) is 7.90. The van der Waals surface area contributed by atoms with E-state index in [-0.39, 0.29) is 5.91 Å². The van der Waals surface area contributed by atoms with E-state index in [0.29, 0.717) is 24.5 Å². The van der Waals surface area contributed by atoms with E-state index in [0.717, 1.165) is 34.7 Å². The van der Waals surface area contributed by atoms with E-state index < -0.39 is 0 Å². The number of hydrogen-bond acceptors (Lipinski definition) is 5. The van der Waals surface area contributed by atoms with Crippen LogP contribution in [0.4, 0.5) is 0 Å². The summed E-state index contributed by atoms with van der Waals surface area (Å²) >= 11 is 1.56. The number of thiophene rings is 1. The fourth-order valence-corrected chi connectivity index (χ4v) is 5.76. The number of benzene rings is 2. The van der Waals surface area contributed by atoms with E-state index >= 15 is 0 Å². The zero-order chi connectivity index (χ0) is 23.7. The molecule has 6 nitrogen and oxygen atoms in total. The van der Waals surface area contributed by atoms with Crippen LogP contribution in [-0.2, 0) is 19.3 Å². The highest BCUT2D eigenvalue weighted by Crippen LogP contribution is 2.42. The van der Waals surface area contributed by atoms with Gasteiger partial charge in [0.1, 0.15) is 0 Å². The summed E-state index contributed by atoms with van der Waals surface area (Å²) < 4.78 is 12.7. The largest absolute Gasteiger partial charge is 0.493 e. The van der Waals surface area contributed by atoms with Gasteiger partial charge in [-0.15, -0.1) is 11.3 Å². The number of hydrogen-bond donors (Lipinski definition) is 1.